The van der Waals surface area contributed by atoms with Crippen LogP contribution in [0.4, 0.5) is 0 Å². The first-order chi connectivity index (χ1) is 14.7. The van der Waals surface area contributed by atoms with Gasteiger partial charge in [0, 0.05) is 31.3 Å². The van der Waals surface area contributed by atoms with E-state index in [1.807, 2.05) is 6.07 Å². The van der Waals surface area contributed by atoms with Gasteiger partial charge in [-0.25, -0.2) is 0 Å². The average Bonchev–Trinajstić information content (AvgIpc) is 3.27. The van der Waals surface area contributed by atoms with E-state index in [0.717, 1.165) is 61.1 Å². The molecular weight excluding hydrogens is 390 g/mol. The van der Waals surface area contributed by atoms with Gasteiger partial charge < -0.3 is 4.90 Å². The molecule has 2 heterocycles. The Balaban J connectivity index is 1.31. The van der Waals surface area contributed by atoms with E-state index >= 15 is 0 Å². The summed E-state index contributed by atoms with van der Waals surface area (Å²) in [6, 6.07) is 10.5. The van der Waals surface area contributed by atoms with E-state index in [4.69, 9.17) is 0 Å². The van der Waals surface area contributed by atoms with E-state index in [-0.39, 0.29) is 5.92 Å². The summed E-state index contributed by atoms with van der Waals surface area (Å²) < 4.78 is 0. The number of aromatic nitrogens is 2. The Kier molecular flexibility index (Phi) is 7.53. The third kappa shape index (κ3) is 5.48. The molecule has 2 aliphatic rings. The fourth-order valence-corrected chi connectivity index (χ4v) is 6.10. The molecule has 0 N–H and O–H groups in total. The SMILES string of the molecule is CCCCC1CCC(C(=O)N2CCCC(c3nnc(Cc4ccccc4)s3)C2)CC1. The molecule has 5 heteroatoms. The summed E-state index contributed by atoms with van der Waals surface area (Å²) in [6.45, 7) is 4.01. The smallest absolute Gasteiger partial charge is 0.225 e. The lowest BCUT2D eigenvalue weighted by atomic mass is 9.79. The van der Waals surface area contributed by atoms with E-state index in [1.165, 1.54) is 37.7 Å². The average molecular weight is 426 g/mol. The topological polar surface area (TPSA) is 46.1 Å². The quantitative estimate of drug-likeness (QED) is 0.560. The fraction of sp³-hybridized carbons (Fsp3) is 0.640. The molecule has 1 amide bonds. The van der Waals surface area contributed by atoms with Gasteiger partial charge in [-0.15, -0.1) is 21.5 Å². The summed E-state index contributed by atoms with van der Waals surface area (Å²) in [5, 5.41) is 11.1. The Morgan fingerprint density at radius 2 is 1.90 bits per heavy atom. The molecule has 0 bridgehead atoms. The van der Waals surface area contributed by atoms with Crippen LogP contribution >= 0.6 is 11.3 Å². The zero-order chi connectivity index (χ0) is 20.8. The number of hydrogen-bond acceptors (Lipinski definition) is 4. The van der Waals surface area contributed by atoms with Crippen molar-refractivity contribution in [2.45, 2.75) is 77.0 Å². The summed E-state index contributed by atoms with van der Waals surface area (Å²) in [4.78, 5) is 15.3. The maximum absolute atomic E-state index is 13.2. The van der Waals surface area contributed by atoms with Crippen molar-refractivity contribution in [2.24, 2.45) is 11.8 Å². The minimum absolute atomic E-state index is 0.254. The van der Waals surface area contributed by atoms with Gasteiger partial charge in [0.2, 0.25) is 5.91 Å². The van der Waals surface area contributed by atoms with Gasteiger partial charge in [-0.1, -0.05) is 56.5 Å². The Labute approximate surface area is 185 Å². The first-order valence-electron chi connectivity index (χ1n) is 11.9. The number of unbranched alkanes of at least 4 members (excludes halogenated alkanes) is 1. The van der Waals surface area contributed by atoms with Gasteiger partial charge in [-0.05, 0) is 50.0 Å². The first kappa shape index (κ1) is 21.5. The number of rotatable bonds is 7. The summed E-state index contributed by atoms with van der Waals surface area (Å²) >= 11 is 1.73. The van der Waals surface area contributed by atoms with E-state index in [9.17, 15) is 4.79 Å². The molecule has 0 spiro atoms. The molecule has 30 heavy (non-hydrogen) atoms. The molecular formula is C25H35N3OS. The number of hydrogen-bond donors (Lipinski definition) is 0. The lowest BCUT2D eigenvalue weighted by molar-refractivity contribution is -0.138. The number of benzene rings is 1. The van der Waals surface area contributed by atoms with Crippen LogP contribution in [-0.2, 0) is 11.2 Å². The fourth-order valence-electron chi connectivity index (χ4n) is 5.10. The van der Waals surface area contributed by atoms with E-state index in [0.29, 0.717) is 11.8 Å². The van der Waals surface area contributed by atoms with E-state index < -0.39 is 0 Å². The molecule has 2 aromatic rings. The summed E-state index contributed by atoms with van der Waals surface area (Å²) in [5.74, 6) is 1.87. The number of carbonyl (C=O) groups excluding carboxylic acids is 1. The molecule has 1 saturated carbocycles. The van der Waals surface area contributed by atoms with Crippen LogP contribution in [0, 0.1) is 11.8 Å². The van der Waals surface area contributed by atoms with Gasteiger partial charge in [0.15, 0.2) is 0 Å². The molecule has 4 nitrogen and oxygen atoms in total. The predicted octanol–water partition coefficient (Wildman–Crippen LogP) is 5.83. The third-order valence-electron chi connectivity index (χ3n) is 6.92. The Morgan fingerprint density at radius 1 is 1.10 bits per heavy atom. The van der Waals surface area contributed by atoms with Gasteiger partial charge in [0.25, 0.3) is 0 Å². The van der Waals surface area contributed by atoms with E-state index in [1.54, 1.807) is 11.3 Å². The van der Waals surface area contributed by atoms with Crippen molar-refractivity contribution in [1.29, 1.82) is 0 Å². The Hall–Kier alpha value is -1.75. The van der Waals surface area contributed by atoms with Gasteiger partial charge in [-0.2, -0.15) is 0 Å². The Bertz CT molecular complexity index is 798. The van der Waals surface area contributed by atoms with Gasteiger partial charge in [0.1, 0.15) is 10.0 Å². The zero-order valence-electron chi connectivity index (χ0n) is 18.3. The van der Waals surface area contributed by atoms with Crippen LogP contribution in [0.1, 0.15) is 86.2 Å². The van der Waals surface area contributed by atoms with Crippen molar-refractivity contribution >= 4 is 17.2 Å². The van der Waals surface area contributed by atoms with Crippen molar-refractivity contribution in [1.82, 2.24) is 15.1 Å². The third-order valence-corrected chi connectivity index (χ3v) is 8.01. The van der Waals surface area contributed by atoms with Gasteiger partial charge in [0.05, 0.1) is 0 Å². The second-order valence-corrected chi connectivity index (χ2v) is 10.3. The highest BCUT2D eigenvalue weighted by Crippen LogP contribution is 2.35. The summed E-state index contributed by atoms with van der Waals surface area (Å²) in [5.41, 5.74) is 1.27. The van der Waals surface area contributed by atoms with E-state index in [2.05, 4.69) is 46.3 Å². The number of amides is 1. The Morgan fingerprint density at radius 3 is 2.67 bits per heavy atom. The molecule has 4 rings (SSSR count). The molecule has 1 saturated heterocycles. The minimum atomic E-state index is 0.254. The van der Waals surface area contributed by atoms with Crippen LogP contribution in [0.5, 0.6) is 0 Å². The molecule has 1 aromatic heterocycles. The zero-order valence-corrected chi connectivity index (χ0v) is 19.1. The van der Waals surface area contributed by atoms with Crippen LogP contribution in [0.25, 0.3) is 0 Å². The normalized spacial score (nSPS) is 24.7. The highest BCUT2D eigenvalue weighted by atomic mass is 32.1. The van der Waals surface area contributed by atoms with Crippen LogP contribution in [0.3, 0.4) is 0 Å². The molecule has 1 aromatic carbocycles. The lowest BCUT2D eigenvalue weighted by Crippen LogP contribution is -2.43. The van der Waals surface area contributed by atoms with Crippen LogP contribution in [-0.4, -0.2) is 34.1 Å². The highest BCUT2D eigenvalue weighted by Gasteiger charge is 2.33. The molecule has 1 unspecified atom stereocenters. The van der Waals surface area contributed by atoms with Crippen molar-refractivity contribution in [3.8, 4) is 0 Å². The molecule has 162 valence electrons. The lowest BCUT2D eigenvalue weighted by Gasteiger charge is -2.36. The van der Waals surface area contributed by atoms with Gasteiger partial charge in [-0.3, -0.25) is 4.79 Å². The molecule has 1 atom stereocenters. The number of piperidine rings is 1. The molecule has 1 aliphatic carbocycles. The summed E-state index contributed by atoms with van der Waals surface area (Å²) in [7, 11) is 0. The second-order valence-electron chi connectivity index (χ2n) is 9.18. The van der Waals surface area contributed by atoms with Crippen molar-refractivity contribution in [3.63, 3.8) is 0 Å². The highest BCUT2D eigenvalue weighted by molar-refractivity contribution is 7.11. The maximum Gasteiger partial charge on any atom is 0.225 e. The number of likely N-dealkylation sites (tertiary alicyclic amines) is 1. The second kappa shape index (κ2) is 10.5. The maximum atomic E-state index is 13.2. The van der Waals surface area contributed by atoms with Crippen molar-refractivity contribution in [2.75, 3.05) is 13.1 Å². The molecule has 2 fully saturated rings. The molecule has 1 aliphatic heterocycles. The minimum Gasteiger partial charge on any atom is -0.342 e. The summed E-state index contributed by atoms with van der Waals surface area (Å²) in [6.07, 6.45) is 11.7. The van der Waals surface area contributed by atoms with Crippen LogP contribution in [0.15, 0.2) is 30.3 Å². The van der Waals surface area contributed by atoms with Crippen LogP contribution in [0.2, 0.25) is 0 Å². The predicted molar refractivity (Wildman–Crippen MR) is 123 cm³/mol. The number of nitrogens with zero attached hydrogens (tertiary/aromatic N) is 3. The van der Waals surface area contributed by atoms with Crippen molar-refractivity contribution < 1.29 is 4.79 Å². The number of carbonyl (C=O) groups is 1. The van der Waals surface area contributed by atoms with Gasteiger partial charge >= 0.3 is 0 Å². The largest absolute Gasteiger partial charge is 0.342 e. The standard InChI is InChI=1S/C25H35N3OS/c1-2-3-8-19-12-14-21(15-13-19)25(29)28-16-7-11-22(18-28)24-27-26-23(30-24)17-20-9-5-4-6-10-20/h4-6,9-10,19,21-22H,2-3,7-8,11-18H2,1H3. The first-order valence-corrected chi connectivity index (χ1v) is 12.7. The molecule has 0 radical (unpaired) electrons. The monoisotopic (exact) mass is 425 g/mol. The van der Waals surface area contributed by atoms with Crippen LogP contribution < -0.4 is 0 Å². The van der Waals surface area contributed by atoms with Crippen molar-refractivity contribution in [3.05, 3.63) is 45.9 Å².